The predicted molar refractivity (Wildman–Crippen MR) is 207 cm³/mol. The molecule has 0 radical (unpaired) electrons. The van der Waals surface area contributed by atoms with E-state index < -0.39 is 18.0 Å². The number of hydrogen-bond donors (Lipinski definition) is 3. The molecule has 288 valence electrons. The second-order valence-corrected chi connectivity index (χ2v) is 15.6. The third-order valence-corrected chi connectivity index (χ3v) is 11.9. The van der Waals surface area contributed by atoms with Crippen molar-refractivity contribution in [2.45, 2.75) is 81.7 Å². The number of imide groups is 1. The number of nitrogen functional groups attached to an aromatic ring is 1. The Balaban J connectivity index is 0.958. The molecule has 0 spiro atoms. The maximum atomic E-state index is 13.4. The van der Waals surface area contributed by atoms with Crippen LogP contribution in [0.25, 0.3) is 11.2 Å². The molecule has 0 saturated carbocycles. The molecule has 1 saturated heterocycles. The van der Waals surface area contributed by atoms with Gasteiger partial charge in [-0.2, -0.15) is 0 Å². The van der Waals surface area contributed by atoms with Gasteiger partial charge in [-0.25, -0.2) is 19.7 Å². The minimum atomic E-state index is -0.786. The molecular formula is C36H38IN9O8S. The molecule has 7 rings (SSSR count). The summed E-state index contributed by atoms with van der Waals surface area (Å²) in [4.78, 5) is 81.2. The molecule has 3 aliphatic heterocycles. The Morgan fingerprint density at radius 1 is 1.18 bits per heavy atom. The average molecular weight is 884 g/mol. The molecule has 2 aromatic heterocycles. The van der Waals surface area contributed by atoms with E-state index >= 15 is 0 Å². The second kappa shape index (κ2) is 15.9. The number of carbonyl (C=O) groups is 5. The Kier molecular flexibility index (Phi) is 11.0. The zero-order valence-corrected chi connectivity index (χ0v) is 33.2. The molecule has 4 aromatic rings. The van der Waals surface area contributed by atoms with Crippen molar-refractivity contribution in [2.24, 2.45) is 0 Å². The van der Waals surface area contributed by atoms with Crippen molar-refractivity contribution < 1.29 is 38.2 Å². The fourth-order valence-corrected chi connectivity index (χ4v) is 8.52. The van der Waals surface area contributed by atoms with Crippen LogP contribution in [0.4, 0.5) is 16.3 Å². The van der Waals surface area contributed by atoms with Crippen LogP contribution >= 0.6 is 34.4 Å². The fraction of sp³-hybridized carbons (Fsp3) is 0.389. The van der Waals surface area contributed by atoms with Crippen molar-refractivity contribution in [1.29, 1.82) is 0 Å². The first kappa shape index (κ1) is 38.1. The minimum absolute atomic E-state index is 0.0410. The summed E-state index contributed by atoms with van der Waals surface area (Å²) >= 11 is 3.69. The van der Waals surface area contributed by atoms with Gasteiger partial charge in [0.2, 0.25) is 24.5 Å². The van der Waals surface area contributed by atoms with Crippen LogP contribution in [0, 0.1) is 10.5 Å². The van der Waals surface area contributed by atoms with E-state index in [1.807, 2.05) is 30.5 Å². The molecule has 1 atom stereocenters. The smallest absolute Gasteiger partial charge is 0.411 e. The highest BCUT2D eigenvalue weighted by atomic mass is 127. The Morgan fingerprint density at radius 3 is 2.73 bits per heavy atom. The van der Waals surface area contributed by atoms with E-state index in [9.17, 15) is 24.0 Å². The number of aromatic nitrogens is 4. The molecule has 1 fully saturated rings. The number of piperidine rings is 1. The number of amides is 5. The van der Waals surface area contributed by atoms with Crippen LogP contribution in [-0.4, -0.2) is 91.1 Å². The van der Waals surface area contributed by atoms with Crippen molar-refractivity contribution in [1.82, 2.24) is 34.6 Å². The molecule has 55 heavy (non-hydrogen) atoms. The SMILES string of the molecule is Cc1ccc2c(c1NC(=O)OCCC(=O)N(CCCn1c(Sc3cc4c(cc3I)OCO4)nc3c(N)ncnc31)C(C)C)CN(C1CCC(=O)NC1=O)C2=O. The highest BCUT2D eigenvalue weighted by Gasteiger charge is 2.40. The van der Waals surface area contributed by atoms with Crippen LogP contribution in [0.2, 0.25) is 0 Å². The van der Waals surface area contributed by atoms with Crippen LogP contribution in [0.3, 0.4) is 0 Å². The number of aryl methyl sites for hydroxylation is 2. The van der Waals surface area contributed by atoms with Gasteiger partial charge in [0, 0.05) is 51.7 Å². The van der Waals surface area contributed by atoms with Gasteiger partial charge < -0.3 is 34.3 Å². The first-order chi connectivity index (χ1) is 26.4. The highest BCUT2D eigenvalue weighted by Crippen LogP contribution is 2.42. The van der Waals surface area contributed by atoms with E-state index in [-0.39, 0.29) is 68.8 Å². The molecule has 19 heteroatoms. The number of nitrogens with two attached hydrogens (primary N) is 1. The number of fused-ring (bicyclic) bond motifs is 3. The number of imidazole rings is 1. The van der Waals surface area contributed by atoms with Gasteiger partial charge in [0.1, 0.15) is 19.0 Å². The fourth-order valence-electron chi connectivity index (χ4n) is 6.80. The van der Waals surface area contributed by atoms with E-state index in [4.69, 9.17) is 24.9 Å². The monoisotopic (exact) mass is 883 g/mol. The predicted octanol–water partition coefficient (Wildman–Crippen LogP) is 4.23. The van der Waals surface area contributed by atoms with Gasteiger partial charge in [-0.05, 0) is 80.0 Å². The molecule has 3 aliphatic rings. The third-order valence-electron chi connectivity index (χ3n) is 9.58. The molecule has 4 N–H and O–H groups in total. The molecule has 5 amide bonds. The van der Waals surface area contributed by atoms with Gasteiger partial charge in [-0.15, -0.1) is 0 Å². The normalized spacial score (nSPS) is 16.1. The molecule has 2 aromatic carbocycles. The van der Waals surface area contributed by atoms with Crippen molar-refractivity contribution in [3.63, 3.8) is 0 Å². The minimum Gasteiger partial charge on any atom is -0.454 e. The van der Waals surface area contributed by atoms with Crippen molar-refractivity contribution in [2.75, 3.05) is 31.0 Å². The summed E-state index contributed by atoms with van der Waals surface area (Å²) in [5.41, 5.74) is 9.27. The highest BCUT2D eigenvalue weighted by molar-refractivity contribution is 14.1. The van der Waals surface area contributed by atoms with Crippen LogP contribution in [0.1, 0.15) is 61.0 Å². The van der Waals surface area contributed by atoms with Crippen molar-refractivity contribution >= 4 is 86.7 Å². The van der Waals surface area contributed by atoms with Crippen LogP contribution in [-0.2, 0) is 32.2 Å². The number of benzene rings is 2. The quantitative estimate of drug-likeness (QED) is 0.135. The van der Waals surface area contributed by atoms with Crippen LogP contribution in [0.15, 0.2) is 40.6 Å². The topological polar surface area (TPSA) is 213 Å². The van der Waals surface area contributed by atoms with Crippen LogP contribution in [0.5, 0.6) is 11.5 Å². The Morgan fingerprint density at radius 2 is 1.96 bits per heavy atom. The summed E-state index contributed by atoms with van der Waals surface area (Å²) in [5.74, 6) is 0.186. The van der Waals surface area contributed by atoms with Gasteiger partial charge in [-0.1, -0.05) is 17.8 Å². The summed E-state index contributed by atoms with van der Waals surface area (Å²) < 4.78 is 19.5. The van der Waals surface area contributed by atoms with Gasteiger partial charge in [-0.3, -0.25) is 29.8 Å². The molecule has 17 nitrogen and oxygen atoms in total. The van der Waals surface area contributed by atoms with Gasteiger partial charge in [0.25, 0.3) is 5.91 Å². The van der Waals surface area contributed by atoms with Crippen LogP contribution < -0.4 is 25.8 Å². The molecule has 0 aliphatic carbocycles. The lowest BCUT2D eigenvalue weighted by Gasteiger charge is -2.29. The van der Waals surface area contributed by atoms with E-state index in [1.165, 1.54) is 23.0 Å². The molecular weight excluding hydrogens is 845 g/mol. The number of carbonyl (C=O) groups excluding carboxylic acids is 5. The van der Waals surface area contributed by atoms with E-state index in [0.29, 0.717) is 69.7 Å². The largest absolute Gasteiger partial charge is 0.454 e. The van der Waals surface area contributed by atoms with E-state index in [2.05, 4.69) is 43.2 Å². The summed E-state index contributed by atoms with van der Waals surface area (Å²) in [6.45, 7) is 6.62. The molecule has 5 heterocycles. The maximum absolute atomic E-state index is 13.4. The number of rotatable bonds is 12. The first-order valence-corrected chi connectivity index (χ1v) is 19.5. The lowest BCUT2D eigenvalue weighted by molar-refractivity contribution is -0.137. The summed E-state index contributed by atoms with van der Waals surface area (Å²) in [6, 6.07) is 6.29. The van der Waals surface area contributed by atoms with Crippen molar-refractivity contribution in [3.05, 3.63) is 50.9 Å². The number of halogens is 1. The van der Waals surface area contributed by atoms with Gasteiger partial charge >= 0.3 is 6.09 Å². The van der Waals surface area contributed by atoms with Gasteiger partial charge in [0.15, 0.2) is 33.6 Å². The van der Waals surface area contributed by atoms with Crippen molar-refractivity contribution in [3.8, 4) is 11.5 Å². The zero-order chi connectivity index (χ0) is 39.0. The lowest BCUT2D eigenvalue weighted by Crippen LogP contribution is -2.52. The number of nitrogens with zero attached hydrogens (tertiary/aromatic N) is 6. The number of nitrogens with one attached hydrogen (secondary N) is 2. The van der Waals surface area contributed by atoms with E-state index in [0.717, 1.165) is 8.47 Å². The second-order valence-electron chi connectivity index (χ2n) is 13.4. The summed E-state index contributed by atoms with van der Waals surface area (Å²) in [5, 5.41) is 5.69. The zero-order valence-electron chi connectivity index (χ0n) is 30.2. The standard InChI is InChI=1S/C36H38IN9O8S/c1-18(2)44(10-4-11-45-32-30(31(38)39-16-40-32)42-35(45)55-26-14-25-24(13-22(26)37)53-17-54-25)28(48)9-12-52-36(51)43-29-19(3)5-6-20-21(29)15-46(34(20)50)23-7-8-27(47)41-33(23)49/h5-6,13-14,16,18,23H,4,7-12,15,17H2,1-3H3,(H,43,51)(H2,38,39,40)(H,41,47,49). The number of ether oxygens (including phenoxy) is 3. The Bertz CT molecular complexity index is 2230. The Hall–Kier alpha value is -5.18. The molecule has 1 unspecified atom stereocenters. The van der Waals surface area contributed by atoms with E-state index in [1.54, 1.807) is 24.0 Å². The molecule has 0 bridgehead atoms. The average Bonchev–Trinajstić information content (AvgIpc) is 3.83. The summed E-state index contributed by atoms with van der Waals surface area (Å²) in [7, 11) is 0. The third kappa shape index (κ3) is 7.84. The van der Waals surface area contributed by atoms with Gasteiger partial charge in [0.05, 0.1) is 12.1 Å². The maximum Gasteiger partial charge on any atom is 0.411 e. The lowest BCUT2D eigenvalue weighted by atomic mass is 10.0. The Labute approximate surface area is 333 Å². The first-order valence-electron chi connectivity index (χ1n) is 17.6. The number of hydrogen-bond acceptors (Lipinski definition) is 13. The number of anilines is 2. The summed E-state index contributed by atoms with van der Waals surface area (Å²) in [6.07, 6.45) is 1.51.